The van der Waals surface area contributed by atoms with Gasteiger partial charge in [-0.15, -0.1) is 0 Å². The molecule has 3 aromatic carbocycles. The van der Waals surface area contributed by atoms with Crippen molar-refractivity contribution in [2.75, 3.05) is 13.1 Å². The van der Waals surface area contributed by atoms with Gasteiger partial charge in [0.15, 0.2) is 0 Å². The minimum Gasteiger partial charge on any atom is -0.456 e. The molecule has 18 heteroatoms. The van der Waals surface area contributed by atoms with Crippen molar-refractivity contribution in [2.45, 2.75) is 103 Å². The molecule has 330 valence electrons. The number of fused-ring (bicyclic) bond motifs is 1. The van der Waals surface area contributed by atoms with E-state index in [0.717, 1.165) is 5.56 Å². The number of hydroxylamine groups is 2. The molecule has 1 saturated heterocycles. The Labute approximate surface area is 364 Å². The first-order valence-corrected chi connectivity index (χ1v) is 20.7. The van der Waals surface area contributed by atoms with Crippen LogP contribution in [0, 0.1) is 10.1 Å². The van der Waals surface area contributed by atoms with Gasteiger partial charge in [-0.25, -0.2) is 14.7 Å². The van der Waals surface area contributed by atoms with Crippen LogP contribution in [0.2, 0.25) is 0 Å². The summed E-state index contributed by atoms with van der Waals surface area (Å²) in [5, 5.41) is 20.5. The first-order chi connectivity index (χ1) is 29.6. The number of halogens is 1. The third kappa shape index (κ3) is 13.3. The molecule has 0 spiro atoms. The predicted molar refractivity (Wildman–Crippen MR) is 225 cm³/mol. The SMILES string of the molecule is CC(C)(C)OC(=O)NCCCCCN(OCc1ccccc1)C(=O)CCC(=O)N[C@@H](C(=O)N[C@@H]1C(=O)N2C(C(=O)OCc3ccc([N+](=O)[O-])cc3)=C(Cl)CC[C@H]12)c1ccccc1. The van der Waals surface area contributed by atoms with Gasteiger partial charge in [-0.3, -0.25) is 39.0 Å². The molecule has 0 aliphatic carbocycles. The van der Waals surface area contributed by atoms with Crippen molar-refractivity contribution < 1.29 is 48.0 Å². The number of amides is 5. The smallest absolute Gasteiger partial charge is 0.407 e. The first kappa shape index (κ1) is 46.7. The van der Waals surface area contributed by atoms with E-state index in [9.17, 15) is 38.9 Å². The Morgan fingerprint density at radius 1 is 0.903 bits per heavy atom. The number of esters is 1. The molecule has 0 radical (unpaired) electrons. The fourth-order valence-electron chi connectivity index (χ4n) is 6.75. The van der Waals surface area contributed by atoms with Crippen LogP contribution < -0.4 is 16.0 Å². The van der Waals surface area contributed by atoms with Gasteiger partial charge >= 0.3 is 12.1 Å². The normalized spacial score (nSPS) is 16.3. The molecule has 5 rings (SSSR count). The Morgan fingerprint density at radius 3 is 2.23 bits per heavy atom. The Balaban J connectivity index is 1.15. The van der Waals surface area contributed by atoms with Crippen molar-refractivity contribution >= 4 is 53.0 Å². The van der Waals surface area contributed by atoms with Gasteiger partial charge in [0.2, 0.25) is 17.7 Å². The summed E-state index contributed by atoms with van der Waals surface area (Å²) in [6.07, 6.45) is 1.44. The number of non-ortho nitro benzene ring substituents is 1. The van der Waals surface area contributed by atoms with Crippen LogP contribution in [0.1, 0.15) is 88.4 Å². The Morgan fingerprint density at radius 2 is 1.56 bits per heavy atom. The molecule has 0 aromatic heterocycles. The van der Waals surface area contributed by atoms with Gasteiger partial charge in [-0.2, -0.15) is 0 Å². The molecule has 62 heavy (non-hydrogen) atoms. The standard InChI is InChI=1S/C44H51ClN6O11/c1-44(2,3)62-43(57)46-25-11-6-12-26-49(61-28-29-13-7-4-8-14-29)36(53)24-23-35(52)47-37(31-15-9-5-10-16-31)40(54)48-38-34-22-21-33(45)39(50(34)41(38)55)42(56)60-27-30-17-19-32(20-18-30)51(58)59/h4-5,7-10,13-20,34,37-38H,6,11-12,21-28H2,1-3H3,(H,46,57)(H,47,52)(H,48,54)/t34-,37-,38+/m1/s1. The lowest BCUT2D eigenvalue weighted by molar-refractivity contribution is -0.384. The highest BCUT2D eigenvalue weighted by Gasteiger charge is 2.54. The number of nitro groups is 1. The summed E-state index contributed by atoms with van der Waals surface area (Å²) in [4.78, 5) is 96.9. The fourth-order valence-corrected chi connectivity index (χ4v) is 7.03. The van der Waals surface area contributed by atoms with E-state index in [1.807, 2.05) is 30.3 Å². The van der Waals surface area contributed by atoms with Crippen molar-refractivity contribution in [3.63, 3.8) is 0 Å². The molecule has 3 N–H and O–H groups in total. The average molecular weight is 875 g/mol. The number of nitrogens with one attached hydrogen (secondary N) is 3. The number of hydrogen-bond donors (Lipinski definition) is 3. The van der Waals surface area contributed by atoms with E-state index in [0.29, 0.717) is 43.4 Å². The second-order valence-electron chi connectivity index (χ2n) is 15.7. The maximum atomic E-state index is 13.9. The zero-order valence-corrected chi connectivity index (χ0v) is 35.6. The molecule has 0 saturated carbocycles. The zero-order chi connectivity index (χ0) is 44.8. The van der Waals surface area contributed by atoms with Crippen LogP contribution >= 0.6 is 11.6 Å². The maximum Gasteiger partial charge on any atom is 0.407 e. The fraction of sp³-hybridized carbons (Fsp3) is 0.409. The minimum absolute atomic E-state index is 0.119. The summed E-state index contributed by atoms with van der Waals surface area (Å²) in [5.41, 5.74) is 0.891. The molecule has 2 aliphatic rings. The molecule has 3 atom stereocenters. The minimum atomic E-state index is -1.23. The number of allylic oxidation sites excluding steroid dienone is 1. The number of alkyl carbamates (subject to hydrolysis) is 1. The lowest BCUT2D eigenvalue weighted by Crippen LogP contribution is -2.72. The van der Waals surface area contributed by atoms with Crippen molar-refractivity contribution in [3.8, 4) is 0 Å². The summed E-state index contributed by atoms with van der Waals surface area (Å²) >= 11 is 6.43. The summed E-state index contributed by atoms with van der Waals surface area (Å²) in [6.45, 7) is 5.88. The van der Waals surface area contributed by atoms with Crippen LogP contribution in [0.3, 0.4) is 0 Å². The highest BCUT2D eigenvalue weighted by molar-refractivity contribution is 6.32. The van der Waals surface area contributed by atoms with Crippen molar-refractivity contribution in [1.82, 2.24) is 25.9 Å². The second kappa shape index (κ2) is 22.0. The van der Waals surface area contributed by atoms with Crippen LogP contribution in [-0.2, 0) is 51.5 Å². The lowest BCUT2D eigenvalue weighted by atomic mass is 9.86. The number of carbonyl (C=O) groups is 6. The summed E-state index contributed by atoms with van der Waals surface area (Å²) < 4.78 is 10.7. The highest BCUT2D eigenvalue weighted by atomic mass is 35.5. The molecular formula is C44H51ClN6O11. The Hall–Kier alpha value is -6.33. The highest BCUT2D eigenvalue weighted by Crippen LogP contribution is 2.39. The molecule has 0 unspecified atom stereocenters. The summed E-state index contributed by atoms with van der Waals surface area (Å²) in [5.74, 6) is -3.16. The Kier molecular flexibility index (Phi) is 16.6. The number of nitrogens with zero attached hydrogens (tertiary/aromatic N) is 3. The van der Waals surface area contributed by atoms with Crippen LogP contribution in [-0.4, -0.2) is 81.4 Å². The number of nitro benzene ring substituents is 1. The van der Waals surface area contributed by atoms with Crippen molar-refractivity contribution in [2.24, 2.45) is 0 Å². The van der Waals surface area contributed by atoms with E-state index in [1.165, 1.54) is 34.2 Å². The van der Waals surface area contributed by atoms with Crippen molar-refractivity contribution in [1.29, 1.82) is 0 Å². The van der Waals surface area contributed by atoms with Gasteiger partial charge < -0.3 is 25.4 Å². The molecule has 0 bridgehead atoms. The third-order valence-corrected chi connectivity index (χ3v) is 10.2. The predicted octanol–water partition coefficient (Wildman–Crippen LogP) is 5.87. The topological polar surface area (TPSA) is 216 Å². The Bertz CT molecular complexity index is 2110. The number of carbonyl (C=O) groups excluding carboxylic acids is 6. The van der Waals surface area contributed by atoms with E-state index in [2.05, 4.69) is 16.0 Å². The quantitative estimate of drug-likeness (QED) is 0.0401. The van der Waals surface area contributed by atoms with E-state index < -0.39 is 64.3 Å². The van der Waals surface area contributed by atoms with E-state index in [1.54, 1.807) is 51.1 Å². The van der Waals surface area contributed by atoms with E-state index >= 15 is 0 Å². The monoisotopic (exact) mass is 874 g/mol. The first-order valence-electron chi connectivity index (χ1n) is 20.3. The van der Waals surface area contributed by atoms with Crippen LogP contribution in [0.15, 0.2) is 95.7 Å². The number of rotatable bonds is 20. The molecule has 3 aromatic rings. The van der Waals surface area contributed by atoms with Gasteiger partial charge in [0, 0.05) is 43.1 Å². The lowest BCUT2D eigenvalue weighted by Gasteiger charge is -2.50. The van der Waals surface area contributed by atoms with Gasteiger partial charge in [-0.05, 0) is 81.7 Å². The number of unbranched alkanes of at least 4 members (excludes halogenated alkanes) is 2. The number of benzene rings is 3. The number of β-lactam (4-membered cyclic amide) rings is 1. The molecule has 17 nitrogen and oxygen atoms in total. The van der Waals surface area contributed by atoms with Crippen LogP contribution in [0.4, 0.5) is 10.5 Å². The zero-order valence-electron chi connectivity index (χ0n) is 34.8. The van der Waals surface area contributed by atoms with Gasteiger partial charge in [0.05, 0.1) is 11.0 Å². The molecule has 2 heterocycles. The largest absolute Gasteiger partial charge is 0.456 e. The molecule has 1 fully saturated rings. The molecular weight excluding hydrogens is 824 g/mol. The van der Waals surface area contributed by atoms with Gasteiger partial charge in [-0.1, -0.05) is 72.3 Å². The number of hydrogen-bond acceptors (Lipinski definition) is 11. The van der Waals surface area contributed by atoms with Crippen molar-refractivity contribution in [3.05, 3.63) is 122 Å². The average Bonchev–Trinajstić information content (AvgIpc) is 3.25. The third-order valence-electron chi connectivity index (χ3n) is 9.87. The maximum absolute atomic E-state index is 13.9. The van der Waals surface area contributed by atoms with Crippen LogP contribution in [0.5, 0.6) is 0 Å². The molecule has 2 aliphatic heterocycles. The van der Waals surface area contributed by atoms with Gasteiger partial charge in [0.25, 0.3) is 11.6 Å². The van der Waals surface area contributed by atoms with Crippen LogP contribution in [0.25, 0.3) is 0 Å². The van der Waals surface area contributed by atoms with E-state index in [-0.39, 0.29) is 55.4 Å². The summed E-state index contributed by atoms with van der Waals surface area (Å²) in [6, 6.07) is 20.3. The molecule has 5 amide bonds. The summed E-state index contributed by atoms with van der Waals surface area (Å²) in [7, 11) is 0. The second-order valence-corrected chi connectivity index (χ2v) is 16.2. The van der Waals surface area contributed by atoms with Gasteiger partial charge in [0.1, 0.15) is 36.6 Å². The van der Waals surface area contributed by atoms with E-state index in [4.69, 9.17) is 25.9 Å². The number of ether oxygens (including phenoxy) is 2.